The van der Waals surface area contributed by atoms with Gasteiger partial charge in [-0.15, -0.1) is 0 Å². The Labute approximate surface area is 196 Å². The lowest BCUT2D eigenvalue weighted by Gasteiger charge is -2.13. The van der Waals surface area contributed by atoms with Crippen LogP contribution in [0, 0.1) is 0 Å². The van der Waals surface area contributed by atoms with E-state index in [9.17, 15) is 19.2 Å². The molecule has 4 amide bonds. The third-order valence-electron chi connectivity index (χ3n) is 6.18. The van der Waals surface area contributed by atoms with Gasteiger partial charge < -0.3 is 0 Å². The molecule has 170 valence electrons. The molecule has 2 aliphatic heterocycles. The number of anilines is 1. The van der Waals surface area contributed by atoms with Gasteiger partial charge in [-0.3, -0.25) is 24.1 Å². The Morgan fingerprint density at radius 3 is 1.88 bits per heavy atom. The molecule has 0 spiro atoms. The smallest absolute Gasteiger partial charge is 0.268 e. The SMILES string of the molecule is CCCCCCN1C(=O)c2ccc(-c3ccc4c(c3)C(=O)N(c3ncccn3)C4=O)cc2C1=O. The van der Waals surface area contributed by atoms with Crippen LogP contribution in [0.3, 0.4) is 0 Å². The van der Waals surface area contributed by atoms with Crippen LogP contribution in [0.2, 0.25) is 0 Å². The summed E-state index contributed by atoms with van der Waals surface area (Å²) in [6, 6.07) is 11.6. The molecular weight excluding hydrogens is 432 g/mol. The molecule has 0 saturated carbocycles. The molecule has 3 heterocycles. The fourth-order valence-corrected chi connectivity index (χ4v) is 4.38. The molecule has 0 unspecified atom stereocenters. The van der Waals surface area contributed by atoms with Crippen molar-refractivity contribution >= 4 is 29.6 Å². The fraction of sp³-hybridized carbons (Fsp3) is 0.231. The molecule has 34 heavy (non-hydrogen) atoms. The van der Waals surface area contributed by atoms with Crippen molar-refractivity contribution in [2.75, 3.05) is 11.4 Å². The van der Waals surface area contributed by atoms with Crippen LogP contribution >= 0.6 is 0 Å². The molecule has 8 nitrogen and oxygen atoms in total. The van der Waals surface area contributed by atoms with E-state index in [0.29, 0.717) is 28.8 Å². The van der Waals surface area contributed by atoms with E-state index in [4.69, 9.17) is 0 Å². The second-order valence-electron chi connectivity index (χ2n) is 8.34. The Morgan fingerprint density at radius 1 is 0.676 bits per heavy atom. The number of aromatic nitrogens is 2. The van der Waals surface area contributed by atoms with Crippen LogP contribution < -0.4 is 4.90 Å². The average Bonchev–Trinajstić information content (AvgIpc) is 3.26. The van der Waals surface area contributed by atoms with E-state index in [2.05, 4.69) is 16.9 Å². The van der Waals surface area contributed by atoms with Gasteiger partial charge in [0, 0.05) is 18.9 Å². The first kappa shape index (κ1) is 21.6. The largest absolute Gasteiger partial charge is 0.274 e. The van der Waals surface area contributed by atoms with Gasteiger partial charge in [-0.2, -0.15) is 0 Å². The normalized spacial score (nSPS) is 14.7. The predicted octanol–water partition coefficient (Wildman–Crippen LogP) is 4.12. The number of amides is 4. The van der Waals surface area contributed by atoms with E-state index in [1.165, 1.54) is 17.3 Å². The van der Waals surface area contributed by atoms with E-state index in [1.807, 2.05) is 0 Å². The summed E-state index contributed by atoms with van der Waals surface area (Å²) >= 11 is 0. The number of unbranched alkanes of at least 4 members (excludes halogenated alkanes) is 3. The summed E-state index contributed by atoms with van der Waals surface area (Å²) in [7, 11) is 0. The Bertz CT molecular complexity index is 1340. The zero-order valence-corrected chi connectivity index (χ0v) is 18.7. The van der Waals surface area contributed by atoms with Crippen molar-refractivity contribution in [2.45, 2.75) is 32.6 Å². The molecule has 5 rings (SSSR count). The van der Waals surface area contributed by atoms with Gasteiger partial charge in [-0.1, -0.05) is 38.3 Å². The third kappa shape index (κ3) is 3.48. The maximum absolute atomic E-state index is 13.0. The summed E-state index contributed by atoms with van der Waals surface area (Å²) in [5, 5.41) is 0. The van der Waals surface area contributed by atoms with Crippen LogP contribution in [-0.4, -0.2) is 45.0 Å². The highest BCUT2D eigenvalue weighted by Crippen LogP contribution is 2.33. The minimum Gasteiger partial charge on any atom is -0.274 e. The molecule has 0 aliphatic carbocycles. The summed E-state index contributed by atoms with van der Waals surface area (Å²) in [5.41, 5.74) is 2.62. The molecule has 0 atom stereocenters. The fourth-order valence-electron chi connectivity index (χ4n) is 4.38. The van der Waals surface area contributed by atoms with Crippen molar-refractivity contribution in [3.63, 3.8) is 0 Å². The van der Waals surface area contributed by atoms with Gasteiger partial charge in [0.15, 0.2) is 0 Å². The van der Waals surface area contributed by atoms with E-state index in [0.717, 1.165) is 30.6 Å². The first-order chi connectivity index (χ1) is 16.5. The standard InChI is InChI=1S/C26H22N4O4/c1-2-3-4-5-13-29-22(31)18-9-7-16(14-20(18)23(29)32)17-8-10-19-21(15-17)25(34)30(24(19)33)26-27-11-6-12-28-26/h6-12,14-15H,2-5,13H2,1H3. The zero-order valence-electron chi connectivity index (χ0n) is 18.7. The van der Waals surface area contributed by atoms with Crippen molar-refractivity contribution in [1.82, 2.24) is 14.9 Å². The number of carbonyl (C=O) groups is 4. The number of benzene rings is 2. The van der Waals surface area contributed by atoms with Crippen LogP contribution in [0.5, 0.6) is 0 Å². The summed E-state index contributed by atoms with van der Waals surface area (Å²) in [4.78, 5) is 61.7. The molecule has 0 saturated heterocycles. The zero-order chi connectivity index (χ0) is 23.8. The van der Waals surface area contributed by atoms with Crippen LogP contribution in [0.15, 0.2) is 54.9 Å². The van der Waals surface area contributed by atoms with Crippen LogP contribution in [-0.2, 0) is 0 Å². The molecule has 0 fully saturated rings. The number of carbonyl (C=O) groups excluding carboxylic acids is 4. The summed E-state index contributed by atoms with van der Waals surface area (Å²) in [6.45, 7) is 2.52. The Kier molecular flexibility index (Phi) is 5.49. The Balaban J connectivity index is 1.43. The molecule has 2 aliphatic rings. The number of hydrogen-bond donors (Lipinski definition) is 0. The van der Waals surface area contributed by atoms with Crippen molar-refractivity contribution in [1.29, 1.82) is 0 Å². The number of rotatable bonds is 7. The Morgan fingerprint density at radius 2 is 1.24 bits per heavy atom. The number of imide groups is 2. The van der Waals surface area contributed by atoms with E-state index in [1.54, 1.807) is 42.5 Å². The quantitative estimate of drug-likeness (QED) is 0.393. The van der Waals surface area contributed by atoms with Crippen LogP contribution in [0.1, 0.15) is 74.0 Å². The monoisotopic (exact) mass is 454 g/mol. The van der Waals surface area contributed by atoms with Crippen molar-refractivity contribution in [2.24, 2.45) is 0 Å². The van der Waals surface area contributed by atoms with Crippen molar-refractivity contribution in [3.8, 4) is 11.1 Å². The minimum atomic E-state index is -0.501. The second-order valence-corrected chi connectivity index (χ2v) is 8.34. The third-order valence-corrected chi connectivity index (χ3v) is 6.18. The van der Waals surface area contributed by atoms with Gasteiger partial charge in [-0.05, 0) is 47.9 Å². The number of hydrogen-bond acceptors (Lipinski definition) is 6. The topological polar surface area (TPSA) is 101 Å². The lowest BCUT2D eigenvalue weighted by molar-refractivity contribution is 0.0650. The number of nitrogens with zero attached hydrogens (tertiary/aromatic N) is 4. The lowest BCUT2D eigenvalue weighted by atomic mass is 9.97. The second kappa shape index (κ2) is 8.62. The maximum Gasteiger partial charge on any atom is 0.268 e. The summed E-state index contributed by atoms with van der Waals surface area (Å²) < 4.78 is 0. The maximum atomic E-state index is 13.0. The minimum absolute atomic E-state index is 0.0240. The highest BCUT2D eigenvalue weighted by molar-refractivity contribution is 6.34. The predicted molar refractivity (Wildman–Crippen MR) is 125 cm³/mol. The first-order valence-electron chi connectivity index (χ1n) is 11.3. The van der Waals surface area contributed by atoms with Crippen LogP contribution in [0.4, 0.5) is 5.95 Å². The van der Waals surface area contributed by atoms with Crippen LogP contribution in [0.25, 0.3) is 11.1 Å². The van der Waals surface area contributed by atoms with Crippen molar-refractivity contribution < 1.29 is 19.2 Å². The molecule has 3 aromatic rings. The molecule has 8 heteroatoms. The highest BCUT2D eigenvalue weighted by Gasteiger charge is 2.39. The van der Waals surface area contributed by atoms with Gasteiger partial charge >= 0.3 is 0 Å². The molecular formula is C26H22N4O4. The summed E-state index contributed by atoms with van der Waals surface area (Å²) in [5.74, 6) is -1.52. The summed E-state index contributed by atoms with van der Waals surface area (Å²) in [6.07, 6.45) is 6.84. The van der Waals surface area contributed by atoms with E-state index in [-0.39, 0.29) is 28.9 Å². The molecule has 0 radical (unpaired) electrons. The van der Waals surface area contributed by atoms with Crippen molar-refractivity contribution in [3.05, 3.63) is 77.1 Å². The molecule has 1 aromatic heterocycles. The molecule has 2 aromatic carbocycles. The molecule has 0 bridgehead atoms. The Hall–Kier alpha value is -4.20. The van der Waals surface area contributed by atoms with Gasteiger partial charge in [0.2, 0.25) is 5.95 Å². The highest BCUT2D eigenvalue weighted by atomic mass is 16.2. The average molecular weight is 454 g/mol. The van der Waals surface area contributed by atoms with Gasteiger partial charge in [-0.25, -0.2) is 14.9 Å². The molecule has 0 N–H and O–H groups in total. The van der Waals surface area contributed by atoms with E-state index < -0.39 is 11.8 Å². The van der Waals surface area contributed by atoms with Gasteiger partial charge in [0.25, 0.3) is 23.6 Å². The first-order valence-corrected chi connectivity index (χ1v) is 11.3. The van der Waals surface area contributed by atoms with E-state index >= 15 is 0 Å². The number of fused-ring (bicyclic) bond motifs is 2. The van der Waals surface area contributed by atoms with Gasteiger partial charge in [0.1, 0.15) is 0 Å². The van der Waals surface area contributed by atoms with Gasteiger partial charge in [0.05, 0.1) is 22.3 Å². The lowest BCUT2D eigenvalue weighted by Crippen LogP contribution is -2.30.